The van der Waals surface area contributed by atoms with Crippen molar-refractivity contribution in [2.75, 3.05) is 0 Å². The highest BCUT2D eigenvalue weighted by molar-refractivity contribution is 5.19. The first-order chi connectivity index (χ1) is 9.22. The minimum Gasteiger partial charge on any atom is -0.307 e. The molecule has 19 heavy (non-hydrogen) atoms. The summed E-state index contributed by atoms with van der Waals surface area (Å²) in [4.78, 5) is 0. The van der Waals surface area contributed by atoms with E-state index in [0.29, 0.717) is 6.04 Å². The van der Waals surface area contributed by atoms with Crippen LogP contribution in [0, 0.1) is 17.7 Å². The molecule has 1 aromatic rings. The molecule has 2 aliphatic carbocycles. The summed E-state index contributed by atoms with van der Waals surface area (Å²) in [6, 6.07) is 7.86. The molecule has 0 saturated heterocycles. The lowest BCUT2D eigenvalue weighted by atomic mass is 9.82. The Bertz CT molecular complexity index is 427. The summed E-state index contributed by atoms with van der Waals surface area (Å²) in [6.45, 7) is 2.15. The second-order valence-electron chi connectivity index (χ2n) is 6.40. The van der Waals surface area contributed by atoms with E-state index in [4.69, 9.17) is 0 Å². The third kappa shape index (κ3) is 3.36. The van der Waals surface area contributed by atoms with Gasteiger partial charge in [-0.1, -0.05) is 25.0 Å². The highest BCUT2D eigenvalue weighted by Gasteiger charge is 2.34. The molecule has 104 valence electrons. The molecule has 0 amide bonds. The van der Waals surface area contributed by atoms with Gasteiger partial charge in [0, 0.05) is 12.1 Å². The number of halogens is 1. The van der Waals surface area contributed by atoms with Crippen LogP contribution in [0.4, 0.5) is 4.39 Å². The molecule has 3 atom stereocenters. The molecule has 2 heteroatoms. The lowest BCUT2D eigenvalue weighted by molar-refractivity contribution is 0.249. The summed E-state index contributed by atoms with van der Waals surface area (Å²) in [7, 11) is 0. The SMILES string of the molecule is C[C@H](NC1CCCC(C2CC2)C1)c1cccc(F)c1. The molecule has 0 aliphatic heterocycles. The smallest absolute Gasteiger partial charge is 0.123 e. The predicted octanol–water partition coefficient (Wildman–Crippen LogP) is 4.45. The molecular formula is C17H24FN. The molecule has 0 aromatic heterocycles. The third-order valence-corrected chi connectivity index (χ3v) is 4.84. The number of hydrogen-bond donors (Lipinski definition) is 1. The lowest BCUT2D eigenvalue weighted by Crippen LogP contribution is -2.36. The molecule has 3 rings (SSSR count). The van der Waals surface area contributed by atoms with Crippen molar-refractivity contribution in [3.63, 3.8) is 0 Å². The minimum atomic E-state index is -0.134. The number of rotatable bonds is 4. The van der Waals surface area contributed by atoms with E-state index < -0.39 is 0 Å². The second kappa shape index (κ2) is 5.62. The Labute approximate surface area is 115 Å². The normalized spacial score (nSPS) is 29.2. The summed E-state index contributed by atoms with van der Waals surface area (Å²) in [5.74, 6) is 1.84. The van der Waals surface area contributed by atoms with Crippen molar-refractivity contribution in [3.05, 3.63) is 35.6 Å². The molecule has 0 radical (unpaired) electrons. The zero-order valence-corrected chi connectivity index (χ0v) is 11.7. The van der Waals surface area contributed by atoms with E-state index in [2.05, 4.69) is 12.2 Å². The Morgan fingerprint density at radius 3 is 2.74 bits per heavy atom. The monoisotopic (exact) mass is 261 g/mol. The van der Waals surface area contributed by atoms with E-state index >= 15 is 0 Å². The largest absolute Gasteiger partial charge is 0.307 e. The van der Waals surface area contributed by atoms with Crippen molar-refractivity contribution in [2.45, 2.75) is 57.5 Å². The van der Waals surface area contributed by atoms with Crippen molar-refractivity contribution >= 4 is 0 Å². The number of hydrogen-bond acceptors (Lipinski definition) is 1. The van der Waals surface area contributed by atoms with Gasteiger partial charge in [-0.15, -0.1) is 0 Å². The molecule has 1 aromatic carbocycles. The molecule has 0 heterocycles. The maximum atomic E-state index is 13.3. The molecule has 2 aliphatic rings. The Morgan fingerprint density at radius 1 is 1.16 bits per heavy atom. The Hall–Kier alpha value is -0.890. The van der Waals surface area contributed by atoms with E-state index in [9.17, 15) is 4.39 Å². The average Bonchev–Trinajstić information content (AvgIpc) is 3.23. The van der Waals surface area contributed by atoms with Gasteiger partial charge < -0.3 is 5.32 Å². The van der Waals surface area contributed by atoms with Gasteiger partial charge in [0.05, 0.1) is 0 Å². The molecule has 2 unspecified atom stereocenters. The minimum absolute atomic E-state index is 0.134. The van der Waals surface area contributed by atoms with E-state index in [1.807, 2.05) is 6.07 Å². The molecule has 0 spiro atoms. The van der Waals surface area contributed by atoms with Crippen molar-refractivity contribution in [2.24, 2.45) is 11.8 Å². The fourth-order valence-corrected chi connectivity index (χ4v) is 3.60. The van der Waals surface area contributed by atoms with Crippen LogP contribution in [-0.4, -0.2) is 6.04 Å². The zero-order chi connectivity index (χ0) is 13.2. The highest BCUT2D eigenvalue weighted by atomic mass is 19.1. The molecule has 1 N–H and O–H groups in total. The van der Waals surface area contributed by atoms with Gasteiger partial charge >= 0.3 is 0 Å². The van der Waals surface area contributed by atoms with Crippen LogP contribution in [0.5, 0.6) is 0 Å². The summed E-state index contributed by atoms with van der Waals surface area (Å²) in [6.07, 6.45) is 8.30. The summed E-state index contributed by atoms with van der Waals surface area (Å²) < 4.78 is 13.3. The molecule has 2 fully saturated rings. The van der Waals surface area contributed by atoms with Crippen LogP contribution in [0.2, 0.25) is 0 Å². The average molecular weight is 261 g/mol. The highest BCUT2D eigenvalue weighted by Crippen LogP contribution is 2.44. The van der Waals surface area contributed by atoms with Crippen LogP contribution >= 0.6 is 0 Å². The van der Waals surface area contributed by atoms with Gasteiger partial charge in [-0.3, -0.25) is 0 Å². The van der Waals surface area contributed by atoms with Crippen LogP contribution in [0.25, 0.3) is 0 Å². The summed E-state index contributed by atoms with van der Waals surface area (Å²) in [5.41, 5.74) is 1.06. The van der Waals surface area contributed by atoms with E-state index in [1.165, 1.54) is 44.6 Å². The van der Waals surface area contributed by atoms with Gasteiger partial charge in [-0.05, 0) is 62.1 Å². The van der Waals surface area contributed by atoms with Crippen molar-refractivity contribution < 1.29 is 4.39 Å². The van der Waals surface area contributed by atoms with Crippen LogP contribution in [0.15, 0.2) is 24.3 Å². The molecule has 0 bridgehead atoms. The van der Waals surface area contributed by atoms with E-state index in [1.54, 1.807) is 12.1 Å². The third-order valence-electron chi connectivity index (χ3n) is 4.84. The van der Waals surface area contributed by atoms with Gasteiger partial charge in [-0.25, -0.2) is 4.39 Å². The van der Waals surface area contributed by atoms with Gasteiger partial charge in [0.2, 0.25) is 0 Å². The Morgan fingerprint density at radius 2 is 2.00 bits per heavy atom. The van der Waals surface area contributed by atoms with Crippen molar-refractivity contribution in [3.8, 4) is 0 Å². The maximum absolute atomic E-state index is 13.3. The van der Waals surface area contributed by atoms with Crippen LogP contribution in [-0.2, 0) is 0 Å². The number of nitrogens with one attached hydrogen (secondary N) is 1. The second-order valence-corrected chi connectivity index (χ2v) is 6.40. The maximum Gasteiger partial charge on any atom is 0.123 e. The first-order valence-corrected chi connectivity index (χ1v) is 7.74. The fourth-order valence-electron chi connectivity index (χ4n) is 3.60. The summed E-state index contributed by atoms with van der Waals surface area (Å²) in [5, 5.41) is 3.71. The predicted molar refractivity (Wildman–Crippen MR) is 76.4 cm³/mol. The fraction of sp³-hybridized carbons (Fsp3) is 0.647. The van der Waals surface area contributed by atoms with Gasteiger partial charge in [0.25, 0.3) is 0 Å². The zero-order valence-electron chi connectivity index (χ0n) is 11.7. The molecule has 1 nitrogen and oxygen atoms in total. The van der Waals surface area contributed by atoms with Crippen LogP contribution in [0.1, 0.15) is 57.1 Å². The molecular weight excluding hydrogens is 237 g/mol. The van der Waals surface area contributed by atoms with E-state index in [0.717, 1.165) is 17.4 Å². The number of benzene rings is 1. The van der Waals surface area contributed by atoms with Crippen LogP contribution in [0.3, 0.4) is 0 Å². The first-order valence-electron chi connectivity index (χ1n) is 7.74. The Kier molecular flexibility index (Phi) is 3.88. The van der Waals surface area contributed by atoms with Gasteiger partial charge in [0.1, 0.15) is 5.82 Å². The topological polar surface area (TPSA) is 12.0 Å². The molecule has 2 saturated carbocycles. The van der Waals surface area contributed by atoms with Gasteiger partial charge in [-0.2, -0.15) is 0 Å². The Balaban J connectivity index is 1.57. The first kappa shape index (κ1) is 13.1. The van der Waals surface area contributed by atoms with Crippen LogP contribution < -0.4 is 5.32 Å². The summed E-state index contributed by atoms with van der Waals surface area (Å²) >= 11 is 0. The van der Waals surface area contributed by atoms with Crippen molar-refractivity contribution in [1.29, 1.82) is 0 Å². The lowest BCUT2D eigenvalue weighted by Gasteiger charge is -2.32. The standard InChI is InChI=1S/C17H24FN/c1-12(14-4-2-6-16(18)10-14)19-17-7-3-5-15(11-17)13-8-9-13/h2,4,6,10,12-13,15,17,19H,3,5,7-9,11H2,1H3/t12-,15?,17?/m0/s1. The quantitative estimate of drug-likeness (QED) is 0.844. The van der Waals surface area contributed by atoms with E-state index in [-0.39, 0.29) is 11.9 Å². The van der Waals surface area contributed by atoms with Gasteiger partial charge in [0.15, 0.2) is 0 Å². The van der Waals surface area contributed by atoms with Crippen molar-refractivity contribution in [1.82, 2.24) is 5.32 Å².